The fourth-order valence-corrected chi connectivity index (χ4v) is 7.82. The number of rotatable bonds is 28. The van der Waals surface area contributed by atoms with Crippen LogP contribution in [0, 0.1) is 24.2 Å². The van der Waals surface area contributed by atoms with E-state index in [9.17, 15) is 53.1 Å². The molecule has 7 amide bonds. The van der Waals surface area contributed by atoms with Gasteiger partial charge in [-0.3, -0.25) is 47.9 Å². The van der Waals surface area contributed by atoms with Crippen LogP contribution in [0.5, 0.6) is 0 Å². The second-order valence-electron chi connectivity index (χ2n) is 18.9. The van der Waals surface area contributed by atoms with Gasteiger partial charge < -0.3 is 47.8 Å². The molecule has 1 aliphatic carbocycles. The lowest BCUT2D eigenvalue weighted by Gasteiger charge is -2.34. The maximum absolute atomic E-state index is 14.5. The molecule has 0 aromatic heterocycles. The van der Waals surface area contributed by atoms with E-state index < -0.39 is 120 Å². The molecule has 1 saturated carbocycles. The Balaban J connectivity index is 2.49. The number of amides is 7. The third-order valence-corrected chi connectivity index (χ3v) is 11.6. The molecule has 19 heteroatoms. The highest BCUT2D eigenvalue weighted by Gasteiger charge is 2.39. The van der Waals surface area contributed by atoms with Gasteiger partial charge in [0.15, 0.2) is 0 Å². The molecule has 1 aromatic rings. The number of unbranched alkanes of at least 4 members (excludes halogenated alkanes) is 1. The smallest absolute Gasteiger partial charge is 0.303 e. The molecule has 6 atom stereocenters. The number of nitrogens with two attached hydrogens (primary N) is 1. The van der Waals surface area contributed by atoms with Gasteiger partial charge >= 0.3 is 11.9 Å². The summed E-state index contributed by atoms with van der Waals surface area (Å²) in [5.41, 5.74) is 5.68. The second-order valence-corrected chi connectivity index (χ2v) is 18.9. The molecule has 0 bridgehead atoms. The number of hydrogen-bond donors (Lipinski definition) is 9. The molecule has 0 heterocycles. The van der Waals surface area contributed by atoms with Gasteiger partial charge in [-0.05, 0) is 61.0 Å². The summed E-state index contributed by atoms with van der Waals surface area (Å²) < 4.78 is 0. The SMILES string of the molecule is CCCC[C@H](NC(=O)[C@H](CC(C)C)NC(=O)[C@@H](NC(=O)[C@H](Cc1ccccc1C)NC(=O)[C@H](CCC(=O)O)NC(=O)[C@H](CC1CCCCC1)NC(=O)CCC(=O)O)C(C)(C)C)C(=O)C(N)=O. The normalized spacial score (nSPS) is 15.7. The fraction of sp³-hybridized carbons (Fsp3) is 0.660. The van der Waals surface area contributed by atoms with Crippen molar-refractivity contribution in [3.63, 3.8) is 0 Å². The minimum Gasteiger partial charge on any atom is -0.481 e. The molecule has 0 aliphatic heterocycles. The molecular weight excluding hydrogens is 855 g/mol. The van der Waals surface area contributed by atoms with E-state index in [0.29, 0.717) is 18.4 Å². The summed E-state index contributed by atoms with van der Waals surface area (Å²) in [5, 5.41) is 34.6. The number of nitrogens with one attached hydrogen (secondary N) is 6. The molecule has 66 heavy (non-hydrogen) atoms. The third kappa shape index (κ3) is 20.1. The van der Waals surface area contributed by atoms with Crippen LogP contribution in [0.15, 0.2) is 24.3 Å². The van der Waals surface area contributed by atoms with Gasteiger partial charge in [0, 0.05) is 19.3 Å². The summed E-state index contributed by atoms with van der Waals surface area (Å²) in [6.07, 6.45) is 4.19. The van der Waals surface area contributed by atoms with Crippen molar-refractivity contribution in [2.45, 2.75) is 181 Å². The van der Waals surface area contributed by atoms with E-state index in [1.54, 1.807) is 52.0 Å². The number of hydrogen-bond acceptors (Lipinski definition) is 10. The largest absolute Gasteiger partial charge is 0.481 e. The first-order valence-electron chi connectivity index (χ1n) is 23.1. The Morgan fingerprint density at radius 1 is 0.667 bits per heavy atom. The molecule has 1 fully saturated rings. The van der Waals surface area contributed by atoms with Crippen molar-refractivity contribution < 1.29 is 58.2 Å². The van der Waals surface area contributed by atoms with E-state index in [0.717, 1.165) is 37.7 Å². The van der Waals surface area contributed by atoms with Gasteiger partial charge in [-0.1, -0.05) is 111 Å². The lowest BCUT2D eigenvalue weighted by atomic mass is 9.84. The average Bonchev–Trinajstić information content (AvgIpc) is 3.23. The van der Waals surface area contributed by atoms with E-state index in [2.05, 4.69) is 31.9 Å². The van der Waals surface area contributed by atoms with Crippen molar-refractivity contribution >= 4 is 59.1 Å². The van der Waals surface area contributed by atoms with E-state index in [1.807, 2.05) is 20.8 Å². The molecule has 368 valence electrons. The van der Waals surface area contributed by atoms with E-state index in [1.165, 1.54) is 0 Å². The van der Waals surface area contributed by atoms with Crippen LogP contribution in [0.2, 0.25) is 0 Å². The van der Waals surface area contributed by atoms with Crippen molar-refractivity contribution in [3.8, 4) is 0 Å². The van der Waals surface area contributed by atoms with Crippen LogP contribution in [-0.4, -0.2) is 106 Å². The number of carboxylic acids is 2. The van der Waals surface area contributed by atoms with Gasteiger partial charge in [-0.15, -0.1) is 0 Å². The Hall–Kier alpha value is -5.88. The lowest BCUT2D eigenvalue weighted by molar-refractivity contribution is -0.140. The number of aryl methyl sites for hydroxylation is 1. The first-order chi connectivity index (χ1) is 30.9. The van der Waals surface area contributed by atoms with Gasteiger partial charge in [0.05, 0.1) is 12.5 Å². The molecule has 0 spiro atoms. The van der Waals surface area contributed by atoms with Crippen molar-refractivity contribution in [2.24, 2.45) is 23.0 Å². The first-order valence-corrected chi connectivity index (χ1v) is 23.1. The van der Waals surface area contributed by atoms with Gasteiger partial charge in [0.25, 0.3) is 5.91 Å². The number of carboxylic acid groups (broad SMARTS) is 2. The molecule has 2 rings (SSSR count). The van der Waals surface area contributed by atoms with Gasteiger partial charge in [-0.2, -0.15) is 0 Å². The molecule has 19 nitrogen and oxygen atoms in total. The van der Waals surface area contributed by atoms with Crippen LogP contribution >= 0.6 is 0 Å². The van der Waals surface area contributed by atoms with Crippen LogP contribution in [0.1, 0.15) is 143 Å². The van der Waals surface area contributed by atoms with Crippen LogP contribution in [0.3, 0.4) is 0 Å². The molecule has 1 aliphatic rings. The molecule has 1 aromatic carbocycles. The van der Waals surface area contributed by atoms with Crippen LogP contribution < -0.4 is 37.6 Å². The number of ketones is 1. The van der Waals surface area contributed by atoms with Gasteiger partial charge in [0.2, 0.25) is 41.2 Å². The van der Waals surface area contributed by atoms with Crippen LogP contribution in [0.4, 0.5) is 0 Å². The average molecular weight is 928 g/mol. The lowest BCUT2D eigenvalue weighted by Crippen LogP contribution is -2.62. The minimum atomic E-state index is -1.51. The Morgan fingerprint density at radius 2 is 1.21 bits per heavy atom. The Kier molecular flexibility index (Phi) is 23.5. The van der Waals surface area contributed by atoms with Crippen molar-refractivity contribution in [1.29, 1.82) is 0 Å². The summed E-state index contributed by atoms with van der Waals surface area (Å²) in [6, 6.07) is -0.738. The van der Waals surface area contributed by atoms with E-state index in [-0.39, 0.29) is 43.9 Å². The number of aliphatic carboxylic acids is 2. The predicted molar refractivity (Wildman–Crippen MR) is 244 cm³/mol. The molecule has 0 unspecified atom stereocenters. The number of benzene rings is 1. The summed E-state index contributed by atoms with van der Waals surface area (Å²) in [5.74, 6) is -9.42. The van der Waals surface area contributed by atoms with Crippen molar-refractivity contribution in [1.82, 2.24) is 31.9 Å². The zero-order valence-electron chi connectivity index (χ0n) is 39.6. The molecule has 10 N–H and O–H groups in total. The highest BCUT2D eigenvalue weighted by Crippen LogP contribution is 2.28. The number of carbonyl (C=O) groups excluding carboxylic acids is 8. The summed E-state index contributed by atoms with van der Waals surface area (Å²) in [4.78, 5) is 131. The first kappa shape index (κ1) is 56.2. The second kappa shape index (κ2) is 27.6. The van der Waals surface area contributed by atoms with Crippen molar-refractivity contribution in [3.05, 3.63) is 35.4 Å². The molecular formula is C47H73N7O12. The van der Waals surface area contributed by atoms with Crippen LogP contribution in [-0.2, 0) is 54.4 Å². The number of carbonyl (C=O) groups is 10. The topological polar surface area (TPSA) is 309 Å². The summed E-state index contributed by atoms with van der Waals surface area (Å²) in [6.45, 7) is 12.3. The Labute approximate surface area is 387 Å². The highest BCUT2D eigenvalue weighted by atomic mass is 16.4. The Morgan fingerprint density at radius 3 is 1.77 bits per heavy atom. The summed E-state index contributed by atoms with van der Waals surface area (Å²) in [7, 11) is 0. The third-order valence-electron chi connectivity index (χ3n) is 11.6. The van der Waals surface area contributed by atoms with Gasteiger partial charge in [0.1, 0.15) is 30.2 Å². The van der Waals surface area contributed by atoms with E-state index in [4.69, 9.17) is 10.8 Å². The predicted octanol–water partition coefficient (Wildman–Crippen LogP) is 2.48. The maximum Gasteiger partial charge on any atom is 0.303 e. The van der Waals surface area contributed by atoms with Crippen LogP contribution in [0.25, 0.3) is 0 Å². The standard InChI is InChI=1S/C47H73N7O12/c1-8-9-19-31(39(60)41(48)61)50-43(63)33(24-27(2)3)53-46(66)40(47(5,6)7)54-45(65)35(26-30-18-14-13-15-28(30)4)52-42(62)32(20-22-37(56)57)51-44(64)34(25-29-16-11-10-12-17-29)49-36(55)21-23-38(58)59/h13-15,18,27,29,31-35,40H,8-12,16-17,19-26H2,1-7H3,(H2,48,61)(H,49,55)(H,50,63)(H,51,64)(H,52,62)(H,53,66)(H,54,65)(H,56,57)(H,58,59)/t31-,32-,33-,34-,35-,40+/m0/s1. The maximum atomic E-state index is 14.5. The monoisotopic (exact) mass is 928 g/mol. The highest BCUT2D eigenvalue weighted by molar-refractivity contribution is 6.37. The fourth-order valence-electron chi connectivity index (χ4n) is 7.82. The minimum absolute atomic E-state index is 0.0551. The quantitative estimate of drug-likeness (QED) is 0.0548. The number of primary amides is 1. The van der Waals surface area contributed by atoms with Gasteiger partial charge in [-0.25, -0.2) is 0 Å². The zero-order chi connectivity index (χ0) is 49.7. The number of Topliss-reactive ketones (excluding diaryl/α,β-unsaturated/α-hetero) is 1. The molecule has 0 saturated heterocycles. The Bertz CT molecular complexity index is 1870. The zero-order valence-corrected chi connectivity index (χ0v) is 39.6. The van der Waals surface area contributed by atoms with Crippen molar-refractivity contribution in [2.75, 3.05) is 0 Å². The van der Waals surface area contributed by atoms with E-state index >= 15 is 0 Å². The molecule has 0 radical (unpaired) electrons. The summed E-state index contributed by atoms with van der Waals surface area (Å²) >= 11 is 0.